The molecular weight excluding hydrogens is 280 g/mol. The van der Waals surface area contributed by atoms with Crippen molar-refractivity contribution >= 4 is 5.91 Å². The van der Waals surface area contributed by atoms with Gasteiger partial charge in [0.15, 0.2) is 5.82 Å². The van der Waals surface area contributed by atoms with Crippen molar-refractivity contribution in [3.8, 4) is 0 Å². The molecule has 0 N–H and O–H groups in total. The zero-order chi connectivity index (χ0) is 15.5. The monoisotopic (exact) mass is 300 g/mol. The Balaban J connectivity index is 1.57. The van der Waals surface area contributed by atoms with Gasteiger partial charge in [0.25, 0.3) is 5.91 Å². The number of rotatable bonds is 4. The number of carbonyl (C=O) groups is 1. The molecule has 22 heavy (non-hydrogen) atoms. The molecule has 3 rings (SSSR count). The van der Waals surface area contributed by atoms with E-state index in [9.17, 15) is 4.79 Å². The summed E-state index contributed by atoms with van der Waals surface area (Å²) in [7, 11) is 0. The summed E-state index contributed by atoms with van der Waals surface area (Å²) < 4.78 is 7.76. The number of benzene rings is 1. The van der Waals surface area contributed by atoms with E-state index in [2.05, 4.69) is 14.8 Å². The van der Waals surface area contributed by atoms with Crippen molar-refractivity contribution in [2.45, 2.75) is 39.6 Å². The second kappa shape index (κ2) is 6.27. The number of aryl methyl sites for hydroxylation is 1. The topological polar surface area (TPSA) is 60.2 Å². The molecule has 1 aliphatic heterocycles. The van der Waals surface area contributed by atoms with Gasteiger partial charge >= 0.3 is 0 Å². The Labute approximate surface area is 129 Å². The van der Waals surface area contributed by atoms with E-state index < -0.39 is 6.10 Å². The maximum absolute atomic E-state index is 12.5. The molecule has 0 radical (unpaired) electrons. The van der Waals surface area contributed by atoms with E-state index in [0.29, 0.717) is 19.7 Å². The quantitative estimate of drug-likeness (QED) is 0.859. The van der Waals surface area contributed by atoms with Crippen LogP contribution in [0.15, 0.2) is 30.3 Å². The summed E-state index contributed by atoms with van der Waals surface area (Å²) in [6.45, 7) is 6.08. The Bertz CT molecular complexity index is 653. The molecule has 1 aliphatic rings. The fourth-order valence-corrected chi connectivity index (χ4v) is 2.62. The van der Waals surface area contributed by atoms with Crippen molar-refractivity contribution < 1.29 is 9.53 Å². The summed E-state index contributed by atoms with van der Waals surface area (Å²) in [5, 5.41) is 8.18. The summed E-state index contributed by atoms with van der Waals surface area (Å²) in [6, 6.07) is 9.87. The van der Waals surface area contributed by atoms with Crippen LogP contribution in [0.25, 0.3) is 0 Å². The third kappa shape index (κ3) is 3.01. The Morgan fingerprint density at radius 3 is 2.82 bits per heavy atom. The van der Waals surface area contributed by atoms with Gasteiger partial charge in [-0.15, -0.1) is 10.2 Å². The SMILES string of the molecule is Cc1nnc2n1CCN(C(=O)C(C)OCc1ccccc1)C2. The summed E-state index contributed by atoms with van der Waals surface area (Å²) in [5.74, 6) is 1.74. The molecule has 1 aromatic heterocycles. The second-order valence-electron chi connectivity index (χ2n) is 5.51. The number of nitrogens with zero attached hydrogens (tertiary/aromatic N) is 4. The van der Waals surface area contributed by atoms with E-state index in [4.69, 9.17) is 4.74 Å². The summed E-state index contributed by atoms with van der Waals surface area (Å²) in [4.78, 5) is 14.3. The molecule has 2 heterocycles. The predicted octanol–water partition coefficient (Wildman–Crippen LogP) is 1.53. The number of ether oxygens (including phenoxy) is 1. The highest BCUT2D eigenvalue weighted by atomic mass is 16.5. The lowest BCUT2D eigenvalue weighted by Crippen LogP contribution is -2.43. The van der Waals surface area contributed by atoms with E-state index >= 15 is 0 Å². The number of aromatic nitrogens is 3. The third-order valence-corrected chi connectivity index (χ3v) is 3.94. The summed E-state index contributed by atoms with van der Waals surface area (Å²) in [6.07, 6.45) is -0.462. The maximum atomic E-state index is 12.5. The average molecular weight is 300 g/mol. The zero-order valence-corrected chi connectivity index (χ0v) is 12.9. The number of hydrogen-bond acceptors (Lipinski definition) is 4. The van der Waals surface area contributed by atoms with E-state index in [1.165, 1.54) is 0 Å². The number of fused-ring (bicyclic) bond motifs is 1. The minimum Gasteiger partial charge on any atom is -0.364 e. The predicted molar refractivity (Wildman–Crippen MR) is 80.9 cm³/mol. The Morgan fingerprint density at radius 1 is 1.27 bits per heavy atom. The van der Waals surface area contributed by atoms with Gasteiger partial charge < -0.3 is 14.2 Å². The highest BCUT2D eigenvalue weighted by molar-refractivity contribution is 5.80. The molecule has 6 heteroatoms. The molecule has 0 aliphatic carbocycles. The molecule has 1 unspecified atom stereocenters. The first kappa shape index (κ1) is 14.7. The van der Waals surface area contributed by atoms with Gasteiger partial charge in [-0.3, -0.25) is 4.79 Å². The number of hydrogen-bond donors (Lipinski definition) is 0. The molecule has 0 fully saturated rings. The first-order valence-corrected chi connectivity index (χ1v) is 7.48. The molecule has 0 saturated carbocycles. The van der Waals surface area contributed by atoms with Crippen LogP contribution in [-0.2, 0) is 29.2 Å². The van der Waals surface area contributed by atoms with Gasteiger partial charge in [0.2, 0.25) is 0 Å². The average Bonchev–Trinajstić information content (AvgIpc) is 2.93. The van der Waals surface area contributed by atoms with Crippen molar-refractivity contribution in [1.29, 1.82) is 0 Å². The molecule has 1 amide bonds. The lowest BCUT2D eigenvalue weighted by atomic mass is 10.2. The van der Waals surface area contributed by atoms with Crippen LogP contribution < -0.4 is 0 Å². The molecular formula is C16H20N4O2. The lowest BCUT2D eigenvalue weighted by Gasteiger charge is -2.29. The van der Waals surface area contributed by atoms with Gasteiger partial charge in [-0.05, 0) is 19.4 Å². The zero-order valence-electron chi connectivity index (χ0n) is 12.9. The van der Waals surface area contributed by atoms with Crippen LogP contribution >= 0.6 is 0 Å². The van der Waals surface area contributed by atoms with Crippen LogP contribution in [-0.4, -0.2) is 38.2 Å². The first-order valence-electron chi connectivity index (χ1n) is 7.48. The summed E-state index contributed by atoms with van der Waals surface area (Å²) in [5.41, 5.74) is 1.07. The van der Waals surface area contributed by atoms with E-state index in [-0.39, 0.29) is 5.91 Å². The highest BCUT2D eigenvalue weighted by Crippen LogP contribution is 2.14. The van der Waals surface area contributed by atoms with Gasteiger partial charge in [-0.25, -0.2) is 0 Å². The third-order valence-electron chi connectivity index (χ3n) is 3.94. The van der Waals surface area contributed by atoms with Crippen LogP contribution in [0.1, 0.15) is 24.1 Å². The van der Waals surface area contributed by atoms with Crippen molar-refractivity contribution in [3.05, 3.63) is 47.5 Å². The minimum atomic E-state index is -0.462. The molecule has 1 atom stereocenters. The molecule has 0 spiro atoms. The normalized spacial score (nSPS) is 15.5. The van der Waals surface area contributed by atoms with Gasteiger partial charge in [-0.1, -0.05) is 30.3 Å². The Hall–Kier alpha value is -2.21. The minimum absolute atomic E-state index is 0.00262. The van der Waals surface area contributed by atoms with Crippen molar-refractivity contribution in [1.82, 2.24) is 19.7 Å². The smallest absolute Gasteiger partial charge is 0.251 e. The lowest BCUT2D eigenvalue weighted by molar-refractivity contribution is -0.145. The fourth-order valence-electron chi connectivity index (χ4n) is 2.62. The highest BCUT2D eigenvalue weighted by Gasteiger charge is 2.26. The first-order chi connectivity index (χ1) is 10.6. The molecule has 116 valence electrons. The molecule has 6 nitrogen and oxygen atoms in total. The molecule has 0 saturated heterocycles. The van der Waals surface area contributed by atoms with E-state index in [1.54, 1.807) is 11.8 Å². The number of amides is 1. The second-order valence-corrected chi connectivity index (χ2v) is 5.51. The van der Waals surface area contributed by atoms with Gasteiger partial charge in [0.05, 0.1) is 13.2 Å². The van der Waals surface area contributed by atoms with Crippen LogP contribution in [0.5, 0.6) is 0 Å². The molecule has 1 aromatic carbocycles. The maximum Gasteiger partial charge on any atom is 0.251 e. The molecule has 0 bridgehead atoms. The van der Waals surface area contributed by atoms with Crippen molar-refractivity contribution in [2.24, 2.45) is 0 Å². The van der Waals surface area contributed by atoms with Crippen LogP contribution in [0.3, 0.4) is 0 Å². The van der Waals surface area contributed by atoms with Crippen LogP contribution in [0, 0.1) is 6.92 Å². The fraction of sp³-hybridized carbons (Fsp3) is 0.438. The largest absolute Gasteiger partial charge is 0.364 e. The van der Waals surface area contributed by atoms with Crippen LogP contribution in [0.2, 0.25) is 0 Å². The number of carbonyl (C=O) groups excluding carboxylic acids is 1. The van der Waals surface area contributed by atoms with E-state index in [1.807, 2.05) is 37.3 Å². The van der Waals surface area contributed by atoms with Crippen molar-refractivity contribution in [3.63, 3.8) is 0 Å². The van der Waals surface area contributed by atoms with Gasteiger partial charge in [0, 0.05) is 13.1 Å². The Morgan fingerprint density at radius 2 is 2.05 bits per heavy atom. The Kier molecular flexibility index (Phi) is 4.20. The summed E-state index contributed by atoms with van der Waals surface area (Å²) >= 11 is 0. The van der Waals surface area contributed by atoms with Gasteiger partial charge in [0.1, 0.15) is 11.9 Å². The van der Waals surface area contributed by atoms with Gasteiger partial charge in [-0.2, -0.15) is 0 Å². The van der Waals surface area contributed by atoms with E-state index in [0.717, 1.165) is 23.8 Å². The van der Waals surface area contributed by atoms with Crippen molar-refractivity contribution in [2.75, 3.05) is 6.54 Å². The van der Waals surface area contributed by atoms with Crippen LogP contribution in [0.4, 0.5) is 0 Å². The standard InChI is InChI=1S/C16H20N4O2/c1-12(22-11-14-6-4-3-5-7-14)16(21)19-8-9-20-13(2)17-18-15(20)10-19/h3-7,12H,8-11H2,1-2H3. The molecule has 2 aromatic rings.